The highest BCUT2D eigenvalue weighted by Crippen LogP contribution is 2.27. The van der Waals surface area contributed by atoms with Crippen LogP contribution in [0.15, 0.2) is 25.6 Å². The van der Waals surface area contributed by atoms with Gasteiger partial charge >= 0.3 is 0 Å². The molecule has 8 nitrogen and oxygen atoms in total. The van der Waals surface area contributed by atoms with Gasteiger partial charge in [-0.2, -0.15) is 0 Å². The van der Waals surface area contributed by atoms with E-state index in [2.05, 4.69) is 22.4 Å². The number of nitrogens with zero attached hydrogens (tertiary/aromatic N) is 4. The normalized spacial score (nSPS) is 11.5. The molecule has 2 aromatic heterocycles. The predicted molar refractivity (Wildman–Crippen MR) is 82.2 cm³/mol. The number of aryl methyl sites for hydroxylation is 1. The summed E-state index contributed by atoms with van der Waals surface area (Å²) >= 11 is 0. The SMILES string of the molecule is [CH2-][NH2+]c1c(C)c(N=Nc2cc(C)on2)c(=O)n(CCCC)c1[O-]. The molecule has 2 heterocycles. The number of rotatable bonds is 6. The molecule has 0 unspecified atom stereocenters. The zero-order chi connectivity index (χ0) is 17.0. The minimum absolute atomic E-state index is 0.122. The van der Waals surface area contributed by atoms with E-state index in [9.17, 15) is 9.90 Å². The molecule has 0 atom stereocenters. The smallest absolute Gasteiger partial charge is 0.278 e. The van der Waals surface area contributed by atoms with E-state index >= 15 is 0 Å². The molecule has 0 radical (unpaired) electrons. The van der Waals surface area contributed by atoms with E-state index in [0.717, 1.165) is 12.8 Å². The fourth-order valence-electron chi connectivity index (χ4n) is 2.19. The van der Waals surface area contributed by atoms with Gasteiger partial charge in [0.05, 0.1) is 0 Å². The first-order chi connectivity index (χ1) is 11.0. The van der Waals surface area contributed by atoms with E-state index in [0.29, 0.717) is 23.6 Å². The summed E-state index contributed by atoms with van der Waals surface area (Å²) in [5.74, 6) is 0.526. The van der Waals surface area contributed by atoms with Crippen molar-refractivity contribution < 1.29 is 14.9 Å². The van der Waals surface area contributed by atoms with Crippen LogP contribution in [0, 0.1) is 20.9 Å². The van der Waals surface area contributed by atoms with Crippen LogP contribution in [-0.2, 0) is 6.54 Å². The molecule has 23 heavy (non-hydrogen) atoms. The van der Waals surface area contributed by atoms with Crippen LogP contribution in [-0.4, -0.2) is 9.72 Å². The van der Waals surface area contributed by atoms with Crippen molar-refractivity contribution in [2.24, 2.45) is 10.2 Å². The zero-order valence-electron chi connectivity index (χ0n) is 13.5. The molecule has 0 spiro atoms. The zero-order valence-corrected chi connectivity index (χ0v) is 13.5. The number of hydrogen-bond donors (Lipinski definition) is 1. The maximum Gasteiger partial charge on any atom is 0.278 e. The van der Waals surface area contributed by atoms with Crippen LogP contribution >= 0.6 is 0 Å². The van der Waals surface area contributed by atoms with Crippen LogP contribution in [0.4, 0.5) is 17.2 Å². The monoisotopic (exact) mass is 318 g/mol. The van der Waals surface area contributed by atoms with E-state index in [4.69, 9.17) is 4.52 Å². The van der Waals surface area contributed by atoms with Gasteiger partial charge in [0.25, 0.3) is 5.56 Å². The second-order valence-electron chi connectivity index (χ2n) is 5.20. The molecule has 8 heteroatoms. The molecule has 0 bridgehead atoms. The second kappa shape index (κ2) is 7.19. The quantitative estimate of drug-likeness (QED) is 0.645. The highest BCUT2D eigenvalue weighted by atomic mass is 16.5. The molecule has 0 amide bonds. The fourth-order valence-corrected chi connectivity index (χ4v) is 2.19. The lowest BCUT2D eigenvalue weighted by Crippen LogP contribution is -2.70. The third-order valence-electron chi connectivity index (χ3n) is 3.49. The molecule has 0 saturated heterocycles. The van der Waals surface area contributed by atoms with Crippen molar-refractivity contribution in [3.05, 3.63) is 34.8 Å². The van der Waals surface area contributed by atoms with Gasteiger partial charge in [0.2, 0.25) is 5.82 Å². The van der Waals surface area contributed by atoms with Crippen LogP contribution in [0.2, 0.25) is 0 Å². The molecule has 0 saturated carbocycles. The largest absolute Gasteiger partial charge is 0.856 e. The summed E-state index contributed by atoms with van der Waals surface area (Å²) in [6.07, 6.45) is 1.60. The van der Waals surface area contributed by atoms with Crippen molar-refractivity contribution in [2.45, 2.75) is 40.2 Å². The maximum absolute atomic E-state index is 12.5. The summed E-state index contributed by atoms with van der Waals surface area (Å²) in [6, 6.07) is 1.60. The summed E-state index contributed by atoms with van der Waals surface area (Å²) in [6.45, 7) is 5.73. The van der Waals surface area contributed by atoms with Crippen molar-refractivity contribution in [1.29, 1.82) is 0 Å². The van der Waals surface area contributed by atoms with E-state index in [1.807, 2.05) is 6.92 Å². The van der Waals surface area contributed by atoms with E-state index < -0.39 is 5.56 Å². The molecule has 2 aromatic rings. The van der Waals surface area contributed by atoms with Gasteiger partial charge < -0.3 is 19.5 Å². The van der Waals surface area contributed by atoms with E-state index in [1.54, 1.807) is 19.9 Å². The minimum atomic E-state index is -0.449. The summed E-state index contributed by atoms with van der Waals surface area (Å²) in [4.78, 5) is 12.5. The van der Waals surface area contributed by atoms with Gasteiger partial charge in [-0.3, -0.25) is 4.79 Å². The first kappa shape index (κ1) is 16.9. The van der Waals surface area contributed by atoms with Crippen molar-refractivity contribution in [1.82, 2.24) is 9.72 Å². The maximum atomic E-state index is 12.5. The van der Waals surface area contributed by atoms with Crippen LogP contribution in [0.3, 0.4) is 0 Å². The van der Waals surface area contributed by atoms with E-state index in [1.165, 1.54) is 9.88 Å². The van der Waals surface area contributed by atoms with Crippen LogP contribution in [0.5, 0.6) is 5.88 Å². The molecular weight excluding hydrogens is 298 g/mol. The average molecular weight is 318 g/mol. The minimum Gasteiger partial charge on any atom is -0.856 e. The summed E-state index contributed by atoms with van der Waals surface area (Å²) in [5.41, 5.74) is 0.504. The average Bonchev–Trinajstić information content (AvgIpc) is 2.93. The van der Waals surface area contributed by atoms with Crippen LogP contribution in [0.1, 0.15) is 31.1 Å². The Bertz CT molecular complexity index is 776. The van der Waals surface area contributed by atoms with Gasteiger partial charge in [-0.1, -0.05) is 18.5 Å². The van der Waals surface area contributed by atoms with Crippen molar-refractivity contribution in [3.63, 3.8) is 0 Å². The van der Waals surface area contributed by atoms with Gasteiger partial charge in [-0.25, -0.2) is 0 Å². The van der Waals surface area contributed by atoms with Crippen LogP contribution in [0.25, 0.3) is 0 Å². The van der Waals surface area contributed by atoms with Crippen molar-refractivity contribution >= 4 is 17.2 Å². The topological polar surface area (TPSA) is 112 Å². The first-order valence-corrected chi connectivity index (χ1v) is 7.41. The molecule has 0 aliphatic heterocycles. The summed E-state index contributed by atoms with van der Waals surface area (Å²) in [5, 5.41) is 25.4. The summed E-state index contributed by atoms with van der Waals surface area (Å²) < 4.78 is 6.09. The van der Waals surface area contributed by atoms with Crippen LogP contribution < -0.4 is 16.0 Å². The number of quaternary nitrogens is 1. The molecule has 0 aromatic carbocycles. The van der Waals surface area contributed by atoms with Gasteiger partial charge in [0.1, 0.15) is 11.4 Å². The van der Waals surface area contributed by atoms with Gasteiger partial charge in [-0.15, -0.1) is 17.3 Å². The number of azo groups is 1. The number of unbranched alkanes of at least 4 members (excludes halogenated alkanes) is 1. The highest BCUT2D eigenvalue weighted by molar-refractivity contribution is 5.59. The Hall–Kier alpha value is -2.48. The molecule has 2 N–H and O–H groups in total. The fraction of sp³-hybridized carbons (Fsp3) is 0.400. The number of hydrogen-bond acceptors (Lipinski definition) is 6. The standard InChI is InChI=1S/C15H21N5O3/c1-5-6-7-20-14(21)12(16-4)10(3)13(15(20)22)18-17-11-8-9(2)23-19-11/h8,21H,4-7,16H2,1-3H3/p-1. The Morgan fingerprint density at radius 3 is 2.74 bits per heavy atom. The Labute approximate surface area is 133 Å². The lowest BCUT2D eigenvalue weighted by molar-refractivity contribution is -0.512. The molecule has 0 fully saturated rings. The molecular formula is C15H20N5O3-. The summed E-state index contributed by atoms with van der Waals surface area (Å²) in [7, 11) is 3.65. The van der Waals surface area contributed by atoms with Gasteiger partial charge in [-0.05, 0) is 20.3 Å². The third-order valence-corrected chi connectivity index (χ3v) is 3.49. The Balaban J connectivity index is 2.53. The number of pyridine rings is 1. The second-order valence-corrected chi connectivity index (χ2v) is 5.20. The van der Waals surface area contributed by atoms with Crippen molar-refractivity contribution in [2.75, 3.05) is 0 Å². The molecule has 124 valence electrons. The Morgan fingerprint density at radius 1 is 1.43 bits per heavy atom. The van der Waals surface area contributed by atoms with Crippen molar-refractivity contribution in [3.8, 4) is 5.88 Å². The predicted octanol–water partition coefficient (Wildman–Crippen LogP) is 1.73. The third kappa shape index (κ3) is 3.48. The highest BCUT2D eigenvalue weighted by Gasteiger charge is 2.15. The lowest BCUT2D eigenvalue weighted by Gasteiger charge is -2.22. The lowest BCUT2D eigenvalue weighted by atomic mass is 10.2. The Kier molecular flexibility index (Phi) is 5.28. The number of aromatic nitrogens is 2. The molecule has 0 aliphatic rings. The first-order valence-electron chi connectivity index (χ1n) is 7.41. The Morgan fingerprint density at radius 2 is 2.17 bits per heavy atom. The van der Waals surface area contributed by atoms with Gasteiger partial charge in [0, 0.05) is 24.1 Å². The van der Waals surface area contributed by atoms with Gasteiger partial charge in [0.15, 0.2) is 5.69 Å². The molecule has 2 rings (SSSR count). The van der Waals surface area contributed by atoms with E-state index in [-0.39, 0.29) is 17.4 Å². The number of nitrogens with two attached hydrogens (primary N) is 1. The molecule has 0 aliphatic carbocycles.